The average molecular weight is 341 g/mol. The molecule has 0 radical (unpaired) electrons. The van der Waals surface area contributed by atoms with Crippen LogP contribution in [0.15, 0.2) is 0 Å². The maximum absolute atomic E-state index is 12.4. The van der Waals surface area contributed by atoms with Gasteiger partial charge in [0.1, 0.15) is 11.6 Å². The van der Waals surface area contributed by atoms with Crippen LogP contribution in [-0.2, 0) is 27.8 Å². The number of hydrogen-bond donors (Lipinski definition) is 1. The minimum Gasteiger partial charge on any atom is -0.351 e. The number of piperidine rings is 1. The molecule has 1 amide bonds. The van der Waals surface area contributed by atoms with Crippen LogP contribution in [0.4, 0.5) is 0 Å². The Morgan fingerprint density at radius 3 is 2.57 bits per heavy atom. The number of fused-ring (bicyclic) bond motifs is 1. The normalized spacial score (nSPS) is 23.5. The van der Waals surface area contributed by atoms with Crippen molar-refractivity contribution in [3.05, 3.63) is 11.6 Å². The van der Waals surface area contributed by atoms with Gasteiger partial charge in [-0.05, 0) is 26.2 Å². The topological polar surface area (TPSA) is 97.2 Å². The van der Waals surface area contributed by atoms with Crippen LogP contribution in [0, 0.1) is 12.8 Å². The van der Waals surface area contributed by atoms with Crippen LogP contribution in [0.5, 0.6) is 0 Å². The van der Waals surface area contributed by atoms with Crippen molar-refractivity contribution in [1.82, 2.24) is 24.4 Å². The number of rotatable bonds is 3. The molecule has 1 saturated heterocycles. The van der Waals surface area contributed by atoms with Gasteiger partial charge in [0.05, 0.1) is 6.26 Å². The van der Waals surface area contributed by atoms with Gasteiger partial charge in [0.2, 0.25) is 15.9 Å². The van der Waals surface area contributed by atoms with Crippen molar-refractivity contribution in [3.63, 3.8) is 0 Å². The smallest absolute Gasteiger partial charge is 0.223 e. The molecule has 2 aliphatic heterocycles. The summed E-state index contributed by atoms with van der Waals surface area (Å²) in [4.78, 5) is 12.4. The third-order valence-corrected chi connectivity index (χ3v) is 6.08. The summed E-state index contributed by atoms with van der Waals surface area (Å²) in [7, 11) is -3.15. The van der Waals surface area contributed by atoms with E-state index in [4.69, 9.17) is 0 Å². The van der Waals surface area contributed by atoms with E-state index in [0.717, 1.165) is 24.5 Å². The van der Waals surface area contributed by atoms with E-state index in [9.17, 15) is 13.2 Å². The molecule has 0 aliphatic carbocycles. The SMILES string of the molecule is Cc1nnc2n1C[C@@H](NC(=O)C1CCN(S(C)(=O)=O)CC1)CC2. The Labute approximate surface area is 136 Å². The van der Waals surface area contributed by atoms with Crippen molar-refractivity contribution < 1.29 is 13.2 Å². The van der Waals surface area contributed by atoms with Gasteiger partial charge < -0.3 is 9.88 Å². The Balaban J connectivity index is 1.54. The lowest BCUT2D eigenvalue weighted by molar-refractivity contribution is -0.127. The van der Waals surface area contributed by atoms with Crippen molar-refractivity contribution in [2.75, 3.05) is 19.3 Å². The van der Waals surface area contributed by atoms with Crippen LogP contribution in [0.2, 0.25) is 0 Å². The van der Waals surface area contributed by atoms with Crippen LogP contribution in [0.25, 0.3) is 0 Å². The van der Waals surface area contributed by atoms with E-state index in [-0.39, 0.29) is 17.9 Å². The Kier molecular flexibility index (Phi) is 4.41. The summed E-state index contributed by atoms with van der Waals surface area (Å²) in [5.74, 6) is 1.80. The highest BCUT2D eigenvalue weighted by molar-refractivity contribution is 7.88. The van der Waals surface area contributed by atoms with Gasteiger partial charge in [-0.1, -0.05) is 0 Å². The zero-order valence-electron chi connectivity index (χ0n) is 13.5. The van der Waals surface area contributed by atoms with E-state index in [0.29, 0.717) is 32.5 Å². The lowest BCUT2D eigenvalue weighted by atomic mass is 9.96. The van der Waals surface area contributed by atoms with E-state index in [2.05, 4.69) is 20.1 Å². The molecule has 3 rings (SSSR count). The molecule has 0 saturated carbocycles. The van der Waals surface area contributed by atoms with Gasteiger partial charge in [-0.25, -0.2) is 12.7 Å². The van der Waals surface area contributed by atoms with Crippen LogP contribution in [0.1, 0.15) is 30.9 Å². The van der Waals surface area contributed by atoms with Crippen molar-refractivity contribution in [2.45, 2.75) is 45.2 Å². The Morgan fingerprint density at radius 2 is 1.91 bits per heavy atom. The highest BCUT2D eigenvalue weighted by Gasteiger charge is 2.31. The molecule has 1 atom stereocenters. The largest absolute Gasteiger partial charge is 0.351 e. The van der Waals surface area contributed by atoms with E-state index < -0.39 is 10.0 Å². The van der Waals surface area contributed by atoms with Gasteiger partial charge in [-0.3, -0.25) is 4.79 Å². The standard InChI is InChI=1S/C14H23N5O3S/c1-10-16-17-13-4-3-12(9-19(10)13)15-14(20)11-5-7-18(8-6-11)23(2,21)22/h11-12H,3-9H2,1-2H3,(H,15,20)/t12-/m0/s1. The second-order valence-corrected chi connectivity index (χ2v) is 8.44. The molecule has 1 aromatic heterocycles. The second kappa shape index (κ2) is 6.20. The van der Waals surface area contributed by atoms with Gasteiger partial charge in [0.25, 0.3) is 0 Å². The van der Waals surface area contributed by atoms with Gasteiger partial charge in [-0.2, -0.15) is 0 Å². The molecule has 8 nitrogen and oxygen atoms in total. The van der Waals surface area contributed by atoms with Gasteiger partial charge in [0, 0.05) is 38.0 Å². The molecule has 0 aromatic carbocycles. The molecule has 128 valence electrons. The first-order valence-electron chi connectivity index (χ1n) is 7.99. The third-order valence-electron chi connectivity index (χ3n) is 4.77. The Bertz CT molecular complexity index is 691. The highest BCUT2D eigenvalue weighted by atomic mass is 32.2. The molecule has 0 bridgehead atoms. The van der Waals surface area contributed by atoms with Crippen molar-refractivity contribution >= 4 is 15.9 Å². The first-order valence-corrected chi connectivity index (χ1v) is 9.83. The first kappa shape index (κ1) is 16.4. The molecule has 1 fully saturated rings. The lowest BCUT2D eigenvalue weighted by Gasteiger charge is -2.31. The van der Waals surface area contributed by atoms with Crippen molar-refractivity contribution in [2.24, 2.45) is 5.92 Å². The predicted molar refractivity (Wildman–Crippen MR) is 84.2 cm³/mol. The maximum Gasteiger partial charge on any atom is 0.223 e. The molecule has 23 heavy (non-hydrogen) atoms. The van der Waals surface area contributed by atoms with Crippen molar-refractivity contribution in [3.8, 4) is 0 Å². The number of amides is 1. The van der Waals surface area contributed by atoms with E-state index in [1.54, 1.807) is 0 Å². The van der Waals surface area contributed by atoms with E-state index >= 15 is 0 Å². The average Bonchev–Trinajstić information content (AvgIpc) is 2.88. The van der Waals surface area contributed by atoms with Gasteiger partial charge >= 0.3 is 0 Å². The molecule has 1 N–H and O–H groups in total. The zero-order valence-corrected chi connectivity index (χ0v) is 14.3. The second-order valence-electron chi connectivity index (χ2n) is 6.45. The zero-order chi connectivity index (χ0) is 16.6. The molecule has 1 aromatic rings. The Hall–Kier alpha value is -1.48. The minimum atomic E-state index is -3.15. The number of nitrogens with one attached hydrogen (secondary N) is 1. The van der Waals surface area contributed by atoms with Crippen molar-refractivity contribution in [1.29, 1.82) is 0 Å². The minimum absolute atomic E-state index is 0.0392. The lowest BCUT2D eigenvalue weighted by Crippen LogP contribution is -2.47. The summed E-state index contributed by atoms with van der Waals surface area (Å²) >= 11 is 0. The summed E-state index contributed by atoms with van der Waals surface area (Å²) in [6, 6.07) is 0.0950. The fourth-order valence-corrected chi connectivity index (χ4v) is 4.22. The molecule has 0 unspecified atom stereocenters. The number of aryl methyl sites for hydroxylation is 2. The van der Waals surface area contributed by atoms with Crippen LogP contribution >= 0.6 is 0 Å². The molecule has 3 heterocycles. The van der Waals surface area contributed by atoms with E-state index in [1.165, 1.54) is 10.6 Å². The predicted octanol–water partition coefficient (Wildman–Crippen LogP) is -0.311. The number of sulfonamides is 1. The van der Waals surface area contributed by atoms with Crippen LogP contribution in [-0.4, -0.2) is 58.8 Å². The molecular formula is C14H23N5O3S. The third kappa shape index (κ3) is 3.55. The number of carbonyl (C=O) groups is 1. The number of nitrogens with zero attached hydrogens (tertiary/aromatic N) is 4. The Morgan fingerprint density at radius 1 is 1.22 bits per heavy atom. The number of hydrogen-bond acceptors (Lipinski definition) is 5. The monoisotopic (exact) mass is 341 g/mol. The quantitative estimate of drug-likeness (QED) is 0.813. The first-order chi connectivity index (χ1) is 10.8. The van der Waals surface area contributed by atoms with E-state index in [1.807, 2.05) is 6.92 Å². The summed E-state index contributed by atoms with van der Waals surface area (Å²) in [6.45, 7) is 3.48. The summed E-state index contributed by atoms with van der Waals surface area (Å²) in [6.07, 6.45) is 4.07. The number of carbonyl (C=O) groups excluding carboxylic acids is 1. The highest BCUT2D eigenvalue weighted by Crippen LogP contribution is 2.21. The summed E-state index contributed by atoms with van der Waals surface area (Å²) < 4.78 is 26.5. The molecular weight excluding hydrogens is 318 g/mol. The fraction of sp³-hybridized carbons (Fsp3) is 0.786. The van der Waals surface area contributed by atoms with Crippen LogP contribution < -0.4 is 5.32 Å². The number of aromatic nitrogens is 3. The summed E-state index contributed by atoms with van der Waals surface area (Å²) in [5.41, 5.74) is 0. The molecule has 2 aliphatic rings. The van der Waals surface area contributed by atoms with Gasteiger partial charge in [-0.15, -0.1) is 10.2 Å². The summed E-state index contributed by atoms with van der Waals surface area (Å²) in [5, 5.41) is 11.3. The maximum atomic E-state index is 12.4. The molecule has 9 heteroatoms. The van der Waals surface area contributed by atoms with Gasteiger partial charge in [0.15, 0.2) is 0 Å². The molecule has 0 spiro atoms. The van der Waals surface area contributed by atoms with Crippen LogP contribution in [0.3, 0.4) is 0 Å². The fourth-order valence-electron chi connectivity index (χ4n) is 3.35.